The Morgan fingerprint density at radius 1 is 1.50 bits per heavy atom. The molecule has 0 bridgehead atoms. The second-order valence-corrected chi connectivity index (χ2v) is 6.99. The van der Waals surface area contributed by atoms with Crippen molar-refractivity contribution in [2.24, 2.45) is 12.5 Å². The number of halogens is 1. The summed E-state index contributed by atoms with van der Waals surface area (Å²) in [4.78, 5) is 0. The zero-order valence-electron chi connectivity index (χ0n) is 13.0. The van der Waals surface area contributed by atoms with E-state index in [9.17, 15) is 0 Å². The van der Waals surface area contributed by atoms with Crippen molar-refractivity contribution in [2.45, 2.75) is 46.1 Å². The molecule has 1 aliphatic rings. The average Bonchev–Trinajstić information content (AvgIpc) is 2.97. The van der Waals surface area contributed by atoms with Gasteiger partial charge in [0.15, 0.2) is 0 Å². The van der Waals surface area contributed by atoms with Gasteiger partial charge in [0.25, 0.3) is 0 Å². The molecule has 1 atom stereocenters. The van der Waals surface area contributed by atoms with Gasteiger partial charge in [0, 0.05) is 31.7 Å². The van der Waals surface area contributed by atoms with E-state index < -0.39 is 0 Å². The first-order valence-corrected chi connectivity index (χ1v) is 8.28. The Balaban J connectivity index is 2.18. The molecule has 0 spiro atoms. The van der Waals surface area contributed by atoms with Crippen LogP contribution in [0.4, 0.5) is 0 Å². The Morgan fingerprint density at radius 3 is 2.75 bits per heavy atom. The van der Waals surface area contributed by atoms with Crippen molar-refractivity contribution >= 4 is 15.9 Å². The molecule has 1 aromatic rings. The van der Waals surface area contributed by atoms with E-state index in [2.05, 4.69) is 47.1 Å². The smallest absolute Gasteiger partial charge is 0.0766 e. The average molecular weight is 344 g/mol. The maximum absolute atomic E-state index is 5.69. The second-order valence-electron chi connectivity index (χ2n) is 6.20. The highest BCUT2D eigenvalue weighted by Crippen LogP contribution is 2.35. The SMILES string of the molecule is CCc1nn(C)c(CC2(CNC(C)C)CCOC2)c1Br. The molecule has 1 saturated heterocycles. The quantitative estimate of drug-likeness (QED) is 0.862. The Bertz CT molecular complexity index is 450. The van der Waals surface area contributed by atoms with E-state index >= 15 is 0 Å². The molecule has 5 heteroatoms. The van der Waals surface area contributed by atoms with Crippen LogP contribution in [0.15, 0.2) is 4.47 Å². The summed E-state index contributed by atoms with van der Waals surface area (Å²) >= 11 is 3.73. The molecule has 1 fully saturated rings. The number of rotatable bonds is 6. The predicted molar refractivity (Wildman–Crippen MR) is 85.0 cm³/mol. The molecule has 0 amide bonds. The molecule has 114 valence electrons. The van der Waals surface area contributed by atoms with Crippen LogP contribution in [0.1, 0.15) is 38.6 Å². The van der Waals surface area contributed by atoms with Crippen LogP contribution in [0.3, 0.4) is 0 Å². The van der Waals surface area contributed by atoms with E-state index in [0.717, 1.165) is 44.7 Å². The number of aromatic nitrogens is 2. The maximum atomic E-state index is 5.69. The third-order valence-corrected chi connectivity index (χ3v) is 5.03. The van der Waals surface area contributed by atoms with Gasteiger partial charge in [0.05, 0.1) is 22.5 Å². The molecule has 0 radical (unpaired) electrons. The summed E-state index contributed by atoms with van der Waals surface area (Å²) in [5.74, 6) is 0. The van der Waals surface area contributed by atoms with Gasteiger partial charge in [0.1, 0.15) is 0 Å². The van der Waals surface area contributed by atoms with E-state index in [1.54, 1.807) is 0 Å². The third-order valence-electron chi connectivity index (χ3n) is 4.12. The van der Waals surface area contributed by atoms with Crippen LogP contribution >= 0.6 is 15.9 Å². The molecule has 20 heavy (non-hydrogen) atoms. The van der Waals surface area contributed by atoms with Gasteiger partial charge in [-0.15, -0.1) is 0 Å². The van der Waals surface area contributed by atoms with Gasteiger partial charge in [-0.05, 0) is 35.2 Å². The van der Waals surface area contributed by atoms with Crippen molar-refractivity contribution in [2.75, 3.05) is 19.8 Å². The lowest BCUT2D eigenvalue weighted by Gasteiger charge is -2.29. The van der Waals surface area contributed by atoms with Gasteiger partial charge in [-0.1, -0.05) is 20.8 Å². The Labute approximate surface area is 130 Å². The molecule has 2 heterocycles. The summed E-state index contributed by atoms with van der Waals surface area (Å²) < 4.78 is 8.90. The topological polar surface area (TPSA) is 39.1 Å². The van der Waals surface area contributed by atoms with Crippen molar-refractivity contribution in [3.63, 3.8) is 0 Å². The van der Waals surface area contributed by atoms with E-state index in [1.807, 2.05) is 11.7 Å². The zero-order valence-corrected chi connectivity index (χ0v) is 14.6. The van der Waals surface area contributed by atoms with Crippen molar-refractivity contribution in [3.05, 3.63) is 15.9 Å². The Kier molecular flexibility index (Phi) is 5.26. The molecule has 1 N–H and O–H groups in total. The lowest BCUT2D eigenvalue weighted by molar-refractivity contribution is 0.146. The molecule has 1 aliphatic heterocycles. The third kappa shape index (κ3) is 3.43. The van der Waals surface area contributed by atoms with E-state index in [0.29, 0.717) is 6.04 Å². The van der Waals surface area contributed by atoms with Gasteiger partial charge in [-0.25, -0.2) is 0 Å². The molecular weight excluding hydrogens is 318 g/mol. The van der Waals surface area contributed by atoms with Crippen molar-refractivity contribution in [3.8, 4) is 0 Å². The van der Waals surface area contributed by atoms with Crippen LogP contribution < -0.4 is 5.32 Å². The molecular formula is C15H26BrN3O. The molecule has 0 saturated carbocycles. The summed E-state index contributed by atoms with van der Waals surface area (Å²) in [6, 6.07) is 0.508. The molecule has 1 unspecified atom stereocenters. The van der Waals surface area contributed by atoms with Crippen LogP contribution in [0.25, 0.3) is 0 Å². The largest absolute Gasteiger partial charge is 0.381 e. The number of ether oxygens (including phenoxy) is 1. The standard InChI is InChI=1S/C15H26BrN3O/c1-5-12-14(16)13(19(4)18-12)8-15(6-7-20-10-15)9-17-11(2)3/h11,17H,5-10H2,1-4H3. The van der Waals surface area contributed by atoms with E-state index in [4.69, 9.17) is 4.74 Å². The Hall–Kier alpha value is -0.390. The molecule has 0 aliphatic carbocycles. The van der Waals surface area contributed by atoms with Gasteiger partial charge < -0.3 is 10.1 Å². The van der Waals surface area contributed by atoms with Crippen molar-refractivity contribution < 1.29 is 4.74 Å². The summed E-state index contributed by atoms with van der Waals surface area (Å²) in [6.07, 6.45) is 3.09. The summed E-state index contributed by atoms with van der Waals surface area (Å²) in [7, 11) is 2.04. The molecule has 2 rings (SSSR count). The first-order chi connectivity index (χ1) is 9.47. The van der Waals surface area contributed by atoms with Crippen LogP contribution in [0.5, 0.6) is 0 Å². The fraction of sp³-hybridized carbons (Fsp3) is 0.800. The highest BCUT2D eigenvalue weighted by molar-refractivity contribution is 9.10. The van der Waals surface area contributed by atoms with Gasteiger partial charge >= 0.3 is 0 Å². The normalized spacial score (nSPS) is 22.9. The first-order valence-electron chi connectivity index (χ1n) is 7.49. The van der Waals surface area contributed by atoms with Crippen molar-refractivity contribution in [1.29, 1.82) is 0 Å². The fourth-order valence-corrected chi connectivity index (χ4v) is 3.54. The molecule has 1 aromatic heterocycles. The molecule has 0 aromatic carbocycles. The second kappa shape index (κ2) is 6.58. The van der Waals surface area contributed by atoms with E-state index in [1.165, 1.54) is 10.2 Å². The van der Waals surface area contributed by atoms with Crippen LogP contribution in [-0.4, -0.2) is 35.6 Å². The van der Waals surface area contributed by atoms with Gasteiger partial charge in [-0.3, -0.25) is 4.68 Å². The minimum Gasteiger partial charge on any atom is -0.381 e. The minimum atomic E-state index is 0.200. The van der Waals surface area contributed by atoms with Gasteiger partial charge in [0.2, 0.25) is 0 Å². The minimum absolute atomic E-state index is 0.200. The lowest BCUT2D eigenvalue weighted by atomic mass is 9.82. The van der Waals surface area contributed by atoms with Crippen LogP contribution in [-0.2, 0) is 24.6 Å². The summed E-state index contributed by atoms with van der Waals surface area (Å²) in [5, 5.41) is 8.19. The predicted octanol–water partition coefficient (Wildman–Crippen LogP) is 2.69. The van der Waals surface area contributed by atoms with Crippen LogP contribution in [0, 0.1) is 5.41 Å². The number of hydrogen-bond acceptors (Lipinski definition) is 3. The summed E-state index contributed by atoms with van der Waals surface area (Å²) in [6.45, 7) is 9.24. The molecule has 4 nitrogen and oxygen atoms in total. The van der Waals surface area contributed by atoms with Crippen LogP contribution in [0.2, 0.25) is 0 Å². The monoisotopic (exact) mass is 343 g/mol. The number of nitrogens with one attached hydrogen (secondary N) is 1. The lowest BCUT2D eigenvalue weighted by Crippen LogP contribution is -2.40. The van der Waals surface area contributed by atoms with E-state index in [-0.39, 0.29) is 5.41 Å². The van der Waals surface area contributed by atoms with Crippen molar-refractivity contribution in [1.82, 2.24) is 15.1 Å². The Morgan fingerprint density at radius 2 is 2.25 bits per heavy atom. The highest BCUT2D eigenvalue weighted by Gasteiger charge is 2.36. The summed E-state index contributed by atoms with van der Waals surface area (Å²) in [5.41, 5.74) is 2.64. The van der Waals surface area contributed by atoms with Gasteiger partial charge in [-0.2, -0.15) is 5.10 Å². The maximum Gasteiger partial charge on any atom is 0.0766 e. The zero-order chi connectivity index (χ0) is 14.8. The first kappa shape index (κ1) is 16.0. The number of hydrogen-bond donors (Lipinski definition) is 1. The number of nitrogens with zero attached hydrogens (tertiary/aromatic N) is 2. The highest BCUT2D eigenvalue weighted by atomic mass is 79.9. The fourth-order valence-electron chi connectivity index (χ4n) is 2.78. The number of aryl methyl sites for hydroxylation is 2.